The highest BCUT2D eigenvalue weighted by Gasteiger charge is 2.28. The van der Waals surface area contributed by atoms with Crippen molar-refractivity contribution in [1.29, 1.82) is 0 Å². The fourth-order valence-electron chi connectivity index (χ4n) is 4.39. The minimum Gasteiger partial charge on any atom is -0.339 e. The van der Waals surface area contributed by atoms with E-state index in [9.17, 15) is 19.7 Å². The molecule has 3 heterocycles. The Balaban J connectivity index is 1.66. The van der Waals surface area contributed by atoms with E-state index in [1.165, 1.54) is 16.0 Å². The number of anilines is 1. The van der Waals surface area contributed by atoms with Gasteiger partial charge in [0.15, 0.2) is 0 Å². The van der Waals surface area contributed by atoms with E-state index in [0.717, 1.165) is 35.3 Å². The largest absolute Gasteiger partial charge is 0.339 e. The zero-order chi connectivity index (χ0) is 24.4. The lowest BCUT2D eigenvalue weighted by molar-refractivity contribution is -0.386. The van der Waals surface area contributed by atoms with Gasteiger partial charge in [0.25, 0.3) is 5.91 Å². The van der Waals surface area contributed by atoms with E-state index in [1.807, 2.05) is 42.2 Å². The van der Waals surface area contributed by atoms with Crippen LogP contribution in [0, 0.1) is 30.9 Å². The Morgan fingerprint density at radius 2 is 1.79 bits per heavy atom. The van der Waals surface area contributed by atoms with E-state index in [-0.39, 0.29) is 23.8 Å². The van der Waals surface area contributed by atoms with Crippen LogP contribution in [0.25, 0.3) is 10.4 Å². The number of amides is 2. The van der Waals surface area contributed by atoms with Crippen molar-refractivity contribution in [3.63, 3.8) is 0 Å². The third kappa shape index (κ3) is 4.58. The van der Waals surface area contributed by atoms with Crippen LogP contribution in [0.5, 0.6) is 0 Å². The molecule has 9 nitrogen and oxygen atoms in total. The number of piperidine rings is 1. The standard InChI is InChI=1S/C24H27N5O4S/c1-15-20(24(31)27-12-8-5-9-13-27)23(34-22(15)18-10-6-4-7-11-18)25-19(30)14-28-17(3)21(29(32)33)16(2)26-28/h4,6-7,10-11H,5,8-9,12-14H2,1-3H3,(H,25,30). The predicted molar refractivity (Wildman–Crippen MR) is 131 cm³/mol. The molecule has 0 atom stereocenters. The van der Waals surface area contributed by atoms with Gasteiger partial charge in [0.1, 0.15) is 22.9 Å². The molecule has 1 aliphatic rings. The molecule has 0 radical (unpaired) electrons. The maximum absolute atomic E-state index is 13.5. The molecular weight excluding hydrogens is 454 g/mol. The van der Waals surface area contributed by atoms with Crippen LogP contribution in [0.1, 0.15) is 46.6 Å². The highest BCUT2D eigenvalue weighted by molar-refractivity contribution is 7.20. The molecule has 0 aliphatic carbocycles. The zero-order valence-electron chi connectivity index (χ0n) is 19.5. The smallest absolute Gasteiger partial charge is 0.312 e. The van der Waals surface area contributed by atoms with Crippen LogP contribution in [0.2, 0.25) is 0 Å². The number of likely N-dealkylation sites (tertiary alicyclic amines) is 1. The van der Waals surface area contributed by atoms with Gasteiger partial charge in [-0.25, -0.2) is 0 Å². The van der Waals surface area contributed by atoms with Crippen LogP contribution in [0.3, 0.4) is 0 Å². The average Bonchev–Trinajstić information content (AvgIpc) is 3.29. The number of aryl methyl sites for hydroxylation is 1. The molecule has 1 aliphatic heterocycles. The zero-order valence-corrected chi connectivity index (χ0v) is 20.3. The first-order valence-corrected chi connectivity index (χ1v) is 12.1. The summed E-state index contributed by atoms with van der Waals surface area (Å²) in [5.74, 6) is -0.471. The van der Waals surface area contributed by atoms with Crippen LogP contribution in [-0.2, 0) is 11.3 Å². The average molecular weight is 482 g/mol. The molecule has 2 aromatic heterocycles. The number of carbonyl (C=O) groups is 2. The van der Waals surface area contributed by atoms with Gasteiger partial charge < -0.3 is 10.2 Å². The fraction of sp³-hybridized carbons (Fsp3) is 0.375. The quantitative estimate of drug-likeness (QED) is 0.405. The lowest BCUT2D eigenvalue weighted by atomic mass is 10.0. The minimum absolute atomic E-state index is 0.0762. The second-order valence-corrected chi connectivity index (χ2v) is 9.48. The molecular formula is C24H27N5O4S. The Bertz CT molecular complexity index is 1240. The molecule has 10 heteroatoms. The molecule has 1 saturated heterocycles. The van der Waals surface area contributed by atoms with Crippen molar-refractivity contribution in [2.24, 2.45) is 0 Å². The van der Waals surface area contributed by atoms with Crippen molar-refractivity contribution in [3.8, 4) is 10.4 Å². The maximum Gasteiger partial charge on any atom is 0.312 e. The summed E-state index contributed by atoms with van der Waals surface area (Å²) in [5, 5.41) is 18.8. The van der Waals surface area contributed by atoms with Crippen molar-refractivity contribution >= 4 is 33.8 Å². The summed E-state index contributed by atoms with van der Waals surface area (Å²) in [6.45, 7) is 6.25. The summed E-state index contributed by atoms with van der Waals surface area (Å²) in [4.78, 5) is 40.0. The van der Waals surface area contributed by atoms with Gasteiger partial charge in [0.2, 0.25) is 5.91 Å². The van der Waals surface area contributed by atoms with Crippen LogP contribution < -0.4 is 5.32 Å². The number of nitrogens with zero attached hydrogens (tertiary/aromatic N) is 4. The molecule has 1 aromatic carbocycles. The van der Waals surface area contributed by atoms with E-state index in [4.69, 9.17) is 0 Å². The van der Waals surface area contributed by atoms with Gasteiger partial charge in [-0.1, -0.05) is 30.3 Å². The Hall–Kier alpha value is -3.53. The number of benzene rings is 1. The predicted octanol–water partition coefficient (Wildman–Crippen LogP) is 4.71. The van der Waals surface area contributed by atoms with E-state index >= 15 is 0 Å². The Morgan fingerprint density at radius 3 is 2.41 bits per heavy atom. The Morgan fingerprint density at radius 1 is 1.12 bits per heavy atom. The maximum atomic E-state index is 13.5. The van der Waals surface area contributed by atoms with Crippen LogP contribution in [0.4, 0.5) is 10.7 Å². The highest BCUT2D eigenvalue weighted by Crippen LogP contribution is 2.40. The lowest BCUT2D eigenvalue weighted by Crippen LogP contribution is -2.36. The first kappa shape index (κ1) is 23.6. The third-order valence-corrected chi connectivity index (χ3v) is 7.37. The number of rotatable bonds is 6. The van der Waals surface area contributed by atoms with Gasteiger partial charge in [-0.05, 0) is 51.2 Å². The van der Waals surface area contributed by atoms with Crippen molar-refractivity contribution in [3.05, 3.63) is 63.0 Å². The number of thiophene rings is 1. The first-order valence-electron chi connectivity index (χ1n) is 11.2. The monoisotopic (exact) mass is 481 g/mol. The third-order valence-electron chi connectivity index (χ3n) is 6.11. The van der Waals surface area contributed by atoms with Gasteiger partial charge in [-0.2, -0.15) is 5.10 Å². The number of hydrogen-bond donors (Lipinski definition) is 1. The first-order chi connectivity index (χ1) is 16.3. The van der Waals surface area contributed by atoms with Crippen molar-refractivity contribution in [2.75, 3.05) is 18.4 Å². The number of carbonyl (C=O) groups excluding carboxylic acids is 2. The molecule has 3 aromatic rings. The number of hydrogen-bond acceptors (Lipinski definition) is 6. The molecule has 0 bridgehead atoms. The van der Waals surface area contributed by atoms with Crippen molar-refractivity contribution in [2.45, 2.75) is 46.6 Å². The van der Waals surface area contributed by atoms with Crippen molar-refractivity contribution < 1.29 is 14.5 Å². The Kier molecular flexibility index (Phi) is 6.78. The number of nitro groups is 1. The molecule has 34 heavy (non-hydrogen) atoms. The van der Waals surface area contributed by atoms with E-state index < -0.39 is 10.8 Å². The van der Waals surface area contributed by atoms with Gasteiger partial charge >= 0.3 is 5.69 Å². The van der Waals surface area contributed by atoms with Crippen LogP contribution in [-0.4, -0.2) is 44.5 Å². The summed E-state index contributed by atoms with van der Waals surface area (Å²) >= 11 is 1.37. The van der Waals surface area contributed by atoms with Gasteiger partial charge in [-0.3, -0.25) is 24.4 Å². The topological polar surface area (TPSA) is 110 Å². The summed E-state index contributed by atoms with van der Waals surface area (Å²) < 4.78 is 1.33. The molecule has 4 rings (SSSR count). The molecule has 178 valence electrons. The van der Waals surface area contributed by atoms with E-state index in [2.05, 4.69) is 10.4 Å². The highest BCUT2D eigenvalue weighted by atomic mass is 32.1. The van der Waals surface area contributed by atoms with Crippen LogP contribution in [0.15, 0.2) is 30.3 Å². The van der Waals surface area contributed by atoms with Crippen molar-refractivity contribution in [1.82, 2.24) is 14.7 Å². The van der Waals surface area contributed by atoms with E-state index in [0.29, 0.717) is 29.3 Å². The van der Waals surface area contributed by atoms with E-state index in [1.54, 1.807) is 13.8 Å². The molecule has 1 fully saturated rings. The normalized spacial score (nSPS) is 13.7. The summed E-state index contributed by atoms with van der Waals surface area (Å²) in [6.07, 6.45) is 3.05. The summed E-state index contributed by atoms with van der Waals surface area (Å²) in [5.41, 5.74) is 2.81. The van der Waals surface area contributed by atoms with Gasteiger partial charge in [0, 0.05) is 18.0 Å². The Labute approximate surface area is 201 Å². The fourth-order valence-corrected chi connectivity index (χ4v) is 5.61. The van der Waals surface area contributed by atoms with Gasteiger partial charge in [-0.15, -0.1) is 11.3 Å². The molecule has 0 saturated carbocycles. The van der Waals surface area contributed by atoms with Crippen LogP contribution >= 0.6 is 11.3 Å². The molecule has 0 spiro atoms. The molecule has 1 N–H and O–H groups in total. The minimum atomic E-state index is -0.490. The SMILES string of the molecule is Cc1nn(CC(=O)Nc2sc(-c3ccccc3)c(C)c2C(=O)N2CCCCC2)c(C)c1[N+](=O)[O-]. The second-order valence-electron chi connectivity index (χ2n) is 8.46. The molecule has 2 amide bonds. The lowest BCUT2D eigenvalue weighted by Gasteiger charge is -2.27. The molecule has 0 unspecified atom stereocenters. The summed E-state index contributed by atoms with van der Waals surface area (Å²) in [6, 6.07) is 9.77. The second kappa shape index (κ2) is 9.76. The number of nitrogens with one attached hydrogen (secondary N) is 1. The van der Waals surface area contributed by atoms with Gasteiger partial charge in [0.05, 0.1) is 10.5 Å². The summed E-state index contributed by atoms with van der Waals surface area (Å²) in [7, 11) is 0. The number of aromatic nitrogens is 2.